The first-order chi connectivity index (χ1) is 5.36. The summed E-state index contributed by atoms with van der Waals surface area (Å²) in [7, 11) is 0. The van der Waals surface area contributed by atoms with Crippen molar-refractivity contribution < 1.29 is 0 Å². The zero-order valence-electron chi connectivity index (χ0n) is 6.27. The maximum absolute atomic E-state index is 5.40. The van der Waals surface area contributed by atoms with E-state index in [4.69, 9.17) is 5.73 Å². The van der Waals surface area contributed by atoms with Crippen LogP contribution in [0.2, 0.25) is 0 Å². The van der Waals surface area contributed by atoms with Crippen molar-refractivity contribution in [3.63, 3.8) is 0 Å². The maximum atomic E-state index is 5.40. The minimum atomic E-state index is 0. The molecule has 0 bridgehead atoms. The third-order valence-electron chi connectivity index (χ3n) is 1.51. The van der Waals surface area contributed by atoms with Crippen LogP contribution in [0.15, 0.2) is 30.5 Å². The van der Waals surface area contributed by atoms with E-state index in [1.165, 1.54) is 0 Å². The summed E-state index contributed by atoms with van der Waals surface area (Å²) in [5.74, 6) is 0.323. The molecule has 0 spiro atoms. The highest BCUT2D eigenvalue weighted by Crippen LogP contribution is 2.09. The van der Waals surface area contributed by atoms with Crippen molar-refractivity contribution in [2.75, 3.05) is 5.73 Å². The quantitative estimate of drug-likeness (QED) is 0.744. The Labute approximate surface area is 80.4 Å². The molecule has 0 aliphatic carbocycles. The highest BCUT2D eigenvalue weighted by molar-refractivity contribution is 8.93. The van der Waals surface area contributed by atoms with Crippen molar-refractivity contribution in [1.29, 1.82) is 0 Å². The van der Waals surface area contributed by atoms with E-state index in [9.17, 15) is 0 Å². The summed E-state index contributed by atoms with van der Waals surface area (Å²) in [6, 6.07) is 7.73. The average Bonchev–Trinajstić information content (AvgIpc) is 2.04. The Morgan fingerprint density at radius 2 is 1.92 bits per heavy atom. The lowest BCUT2D eigenvalue weighted by atomic mass is 10.2. The minimum absolute atomic E-state index is 0. The van der Waals surface area contributed by atoms with Gasteiger partial charge in [-0.2, -0.15) is 0 Å². The molecule has 0 radical (unpaired) electrons. The highest BCUT2D eigenvalue weighted by Gasteiger charge is 1.92. The van der Waals surface area contributed by atoms with Crippen LogP contribution in [0.4, 0.5) is 5.95 Å². The molecule has 1 aromatic heterocycles. The molecule has 1 aromatic carbocycles. The van der Waals surface area contributed by atoms with Crippen molar-refractivity contribution in [3.8, 4) is 0 Å². The zero-order chi connectivity index (χ0) is 7.68. The molecule has 4 heteroatoms. The van der Waals surface area contributed by atoms with Crippen molar-refractivity contribution in [2.24, 2.45) is 0 Å². The van der Waals surface area contributed by atoms with E-state index in [2.05, 4.69) is 9.97 Å². The summed E-state index contributed by atoms with van der Waals surface area (Å²) in [6.45, 7) is 0. The number of hydrogen-bond donors (Lipinski definition) is 1. The number of anilines is 1. The molecule has 0 fully saturated rings. The fourth-order valence-electron chi connectivity index (χ4n) is 0.986. The Morgan fingerprint density at radius 1 is 1.17 bits per heavy atom. The van der Waals surface area contributed by atoms with Crippen LogP contribution in [0.25, 0.3) is 10.9 Å². The van der Waals surface area contributed by atoms with Gasteiger partial charge >= 0.3 is 0 Å². The summed E-state index contributed by atoms with van der Waals surface area (Å²) >= 11 is 0. The van der Waals surface area contributed by atoms with Gasteiger partial charge in [-0.1, -0.05) is 18.2 Å². The Bertz CT molecular complexity index is 389. The number of benzene rings is 1. The number of nitrogen functional groups attached to an aromatic ring is 1. The number of halogens is 1. The molecule has 0 unspecified atom stereocenters. The second kappa shape index (κ2) is 3.49. The third-order valence-corrected chi connectivity index (χ3v) is 1.51. The predicted molar refractivity (Wildman–Crippen MR) is 54.3 cm³/mol. The van der Waals surface area contributed by atoms with Gasteiger partial charge < -0.3 is 5.73 Å². The molecule has 2 rings (SSSR count). The number of nitrogens with zero attached hydrogens (tertiary/aromatic N) is 2. The molecular weight excluding hydrogens is 218 g/mol. The lowest BCUT2D eigenvalue weighted by Gasteiger charge is -1.94. The number of rotatable bonds is 0. The molecule has 1 heterocycles. The van der Waals surface area contributed by atoms with Crippen molar-refractivity contribution >= 4 is 33.8 Å². The SMILES string of the molecule is Br.Nc1ncc2ccccc2n1. The zero-order valence-corrected chi connectivity index (χ0v) is 7.98. The lowest BCUT2D eigenvalue weighted by Crippen LogP contribution is -1.93. The normalized spacial score (nSPS) is 9.33. The van der Waals surface area contributed by atoms with Crippen LogP contribution in [0.5, 0.6) is 0 Å². The number of hydrogen-bond acceptors (Lipinski definition) is 3. The van der Waals surface area contributed by atoms with Gasteiger partial charge in [0.25, 0.3) is 0 Å². The molecule has 0 atom stereocenters. The third kappa shape index (κ3) is 1.53. The Kier molecular flexibility index (Phi) is 2.60. The molecule has 0 aliphatic heterocycles. The van der Waals surface area contributed by atoms with Crippen LogP contribution in [0.3, 0.4) is 0 Å². The van der Waals surface area contributed by atoms with Crippen LogP contribution in [0.1, 0.15) is 0 Å². The van der Waals surface area contributed by atoms with Gasteiger partial charge in [-0.3, -0.25) is 0 Å². The Hall–Kier alpha value is -1.16. The van der Waals surface area contributed by atoms with Crippen LogP contribution in [-0.2, 0) is 0 Å². The molecule has 3 nitrogen and oxygen atoms in total. The molecule has 2 N–H and O–H groups in total. The second-order valence-electron chi connectivity index (χ2n) is 2.29. The fourth-order valence-corrected chi connectivity index (χ4v) is 0.986. The lowest BCUT2D eigenvalue weighted by molar-refractivity contribution is 1.24. The van der Waals surface area contributed by atoms with Crippen LogP contribution < -0.4 is 5.73 Å². The van der Waals surface area contributed by atoms with Gasteiger partial charge in [0, 0.05) is 11.6 Å². The van der Waals surface area contributed by atoms with Gasteiger partial charge in [-0.25, -0.2) is 9.97 Å². The summed E-state index contributed by atoms with van der Waals surface area (Å²) in [5, 5.41) is 1.02. The van der Waals surface area contributed by atoms with E-state index in [-0.39, 0.29) is 17.0 Å². The van der Waals surface area contributed by atoms with E-state index < -0.39 is 0 Å². The fraction of sp³-hybridized carbons (Fsp3) is 0. The van der Waals surface area contributed by atoms with Gasteiger partial charge in [0.2, 0.25) is 5.95 Å². The maximum Gasteiger partial charge on any atom is 0.220 e. The van der Waals surface area contributed by atoms with Gasteiger partial charge in [-0.15, -0.1) is 17.0 Å². The second-order valence-corrected chi connectivity index (χ2v) is 2.29. The molecule has 0 saturated carbocycles. The predicted octanol–water partition coefficient (Wildman–Crippen LogP) is 1.79. The smallest absolute Gasteiger partial charge is 0.220 e. The summed E-state index contributed by atoms with van der Waals surface area (Å²) < 4.78 is 0. The van der Waals surface area contributed by atoms with E-state index in [0.717, 1.165) is 10.9 Å². The summed E-state index contributed by atoms with van der Waals surface area (Å²) in [4.78, 5) is 7.92. The van der Waals surface area contributed by atoms with Gasteiger partial charge in [0.15, 0.2) is 0 Å². The van der Waals surface area contributed by atoms with Crippen molar-refractivity contribution in [3.05, 3.63) is 30.5 Å². The molecular formula is C8H8BrN3. The van der Waals surface area contributed by atoms with E-state index >= 15 is 0 Å². The highest BCUT2D eigenvalue weighted by atomic mass is 79.9. The molecule has 2 aromatic rings. The van der Waals surface area contributed by atoms with Crippen LogP contribution in [0, 0.1) is 0 Å². The number of aromatic nitrogens is 2. The van der Waals surface area contributed by atoms with Gasteiger partial charge in [-0.05, 0) is 6.07 Å². The Balaban J connectivity index is 0.000000720. The molecule has 0 aliphatic rings. The molecule has 0 saturated heterocycles. The van der Waals surface area contributed by atoms with Gasteiger partial charge in [0.1, 0.15) is 0 Å². The van der Waals surface area contributed by atoms with Crippen LogP contribution in [-0.4, -0.2) is 9.97 Å². The summed E-state index contributed by atoms with van der Waals surface area (Å²) in [6.07, 6.45) is 1.72. The standard InChI is InChI=1S/C8H7N3.BrH/c9-8-10-5-6-3-1-2-4-7(6)11-8;/h1-5H,(H2,9,10,11);1H. The number of fused-ring (bicyclic) bond motifs is 1. The van der Waals surface area contributed by atoms with Crippen molar-refractivity contribution in [1.82, 2.24) is 9.97 Å². The Morgan fingerprint density at radius 3 is 2.75 bits per heavy atom. The summed E-state index contributed by atoms with van der Waals surface area (Å²) in [5.41, 5.74) is 6.29. The topological polar surface area (TPSA) is 51.8 Å². The van der Waals surface area contributed by atoms with Crippen molar-refractivity contribution in [2.45, 2.75) is 0 Å². The number of para-hydroxylation sites is 1. The first-order valence-electron chi connectivity index (χ1n) is 3.33. The molecule has 12 heavy (non-hydrogen) atoms. The minimum Gasteiger partial charge on any atom is -0.368 e. The monoisotopic (exact) mass is 225 g/mol. The largest absolute Gasteiger partial charge is 0.368 e. The number of nitrogens with two attached hydrogens (primary N) is 1. The van der Waals surface area contributed by atoms with E-state index in [0.29, 0.717) is 5.95 Å². The van der Waals surface area contributed by atoms with E-state index in [1.54, 1.807) is 6.20 Å². The van der Waals surface area contributed by atoms with Gasteiger partial charge in [0.05, 0.1) is 5.52 Å². The first-order valence-corrected chi connectivity index (χ1v) is 3.33. The first kappa shape index (κ1) is 8.93. The van der Waals surface area contributed by atoms with E-state index in [1.807, 2.05) is 24.3 Å². The van der Waals surface area contributed by atoms with Crippen LogP contribution >= 0.6 is 17.0 Å². The average molecular weight is 226 g/mol. The molecule has 0 amide bonds. The molecule has 62 valence electrons.